The molecule has 6 nitrogen and oxygen atoms in total. The molecule has 1 aromatic rings. The zero-order chi connectivity index (χ0) is 13.8. The van der Waals surface area contributed by atoms with Crippen molar-refractivity contribution in [3.63, 3.8) is 0 Å². The zero-order valence-electron chi connectivity index (χ0n) is 11.4. The fraction of sp³-hybridized carbons (Fsp3) is 0.200. The SMILES string of the molecule is CC(=O)SCC(=O)Nc1ccc(S(=O)(=O)O)cc1.[H-].[K+]. The molecule has 0 aromatic heterocycles. The molecule has 0 saturated carbocycles. The van der Waals surface area contributed by atoms with Crippen LogP contribution in [0.4, 0.5) is 5.69 Å². The molecule has 0 aliphatic heterocycles. The summed E-state index contributed by atoms with van der Waals surface area (Å²) in [6, 6.07) is 5.03. The van der Waals surface area contributed by atoms with Crippen LogP contribution < -0.4 is 56.7 Å². The molecule has 0 saturated heterocycles. The van der Waals surface area contributed by atoms with Crippen LogP contribution in [0.1, 0.15) is 8.35 Å². The number of anilines is 1. The first-order valence-corrected chi connectivity index (χ1v) is 7.22. The van der Waals surface area contributed by atoms with E-state index in [0.29, 0.717) is 5.69 Å². The van der Waals surface area contributed by atoms with Crippen LogP contribution in [0.15, 0.2) is 29.2 Å². The standard InChI is InChI=1S/C10H11NO5S2.K.H/c1-7(12)17-6-10(13)11-8-2-4-9(5-3-8)18(14,15)16;;/h2-5H,6H2,1H3,(H,11,13)(H,14,15,16);;/q;+1;-1. The Morgan fingerprint density at radius 3 is 2.26 bits per heavy atom. The molecular weight excluding hydrogens is 317 g/mol. The molecule has 0 bridgehead atoms. The van der Waals surface area contributed by atoms with Gasteiger partial charge in [-0.25, -0.2) is 0 Å². The smallest absolute Gasteiger partial charge is 1.00 e. The van der Waals surface area contributed by atoms with Gasteiger partial charge in [0.1, 0.15) is 0 Å². The van der Waals surface area contributed by atoms with Gasteiger partial charge in [0.25, 0.3) is 10.1 Å². The van der Waals surface area contributed by atoms with Crippen molar-refractivity contribution >= 4 is 38.6 Å². The van der Waals surface area contributed by atoms with Gasteiger partial charge in [-0.2, -0.15) is 8.42 Å². The Hall–Kier alpha value is 0.256. The van der Waals surface area contributed by atoms with E-state index in [0.717, 1.165) is 11.8 Å². The molecule has 0 atom stereocenters. The van der Waals surface area contributed by atoms with E-state index < -0.39 is 10.1 Å². The van der Waals surface area contributed by atoms with Crippen LogP contribution in [0.5, 0.6) is 0 Å². The number of carbonyl (C=O) groups is 2. The number of hydrogen-bond donors (Lipinski definition) is 2. The molecule has 2 N–H and O–H groups in total. The molecule has 1 rings (SSSR count). The minimum Gasteiger partial charge on any atom is -1.00 e. The van der Waals surface area contributed by atoms with Gasteiger partial charge in [-0.05, 0) is 24.3 Å². The molecule has 100 valence electrons. The average Bonchev–Trinajstić information content (AvgIpc) is 2.26. The van der Waals surface area contributed by atoms with E-state index in [2.05, 4.69) is 5.32 Å². The maximum Gasteiger partial charge on any atom is 1.00 e. The van der Waals surface area contributed by atoms with Crippen LogP contribution >= 0.6 is 11.8 Å². The topological polar surface area (TPSA) is 101 Å². The monoisotopic (exact) mass is 329 g/mol. The van der Waals surface area contributed by atoms with Gasteiger partial charge in [-0.15, -0.1) is 0 Å². The van der Waals surface area contributed by atoms with Crippen LogP contribution in [0.3, 0.4) is 0 Å². The summed E-state index contributed by atoms with van der Waals surface area (Å²) in [6.07, 6.45) is 0. The Morgan fingerprint density at radius 2 is 1.84 bits per heavy atom. The van der Waals surface area contributed by atoms with Crippen molar-refractivity contribution in [2.75, 3.05) is 11.1 Å². The maximum atomic E-state index is 11.3. The summed E-state index contributed by atoms with van der Waals surface area (Å²) in [7, 11) is -4.23. The van der Waals surface area contributed by atoms with Crippen LogP contribution in [-0.4, -0.2) is 29.7 Å². The third-order valence-electron chi connectivity index (χ3n) is 1.84. The molecule has 0 radical (unpaired) electrons. The van der Waals surface area contributed by atoms with Crippen LogP contribution in [-0.2, 0) is 19.7 Å². The van der Waals surface area contributed by atoms with E-state index >= 15 is 0 Å². The van der Waals surface area contributed by atoms with Gasteiger partial charge < -0.3 is 6.74 Å². The predicted octanol–water partition coefficient (Wildman–Crippen LogP) is -1.73. The van der Waals surface area contributed by atoms with Crippen molar-refractivity contribution in [1.29, 1.82) is 0 Å². The summed E-state index contributed by atoms with van der Waals surface area (Å²) in [5.41, 5.74) is 0.386. The quantitative estimate of drug-likeness (QED) is 0.503. The van der Waals surface area contributed by atoms with Crippen molar-refractivity contribution < 1.29 is 75.4 Å². The number of rotatable bonds is 4. The second-order valence-electron chi connectivity index (χ2n) is 3.33. The summed E-state index contributed by atoms with van der Waals surface area (Å²) in [5, 5.41) is 2.33. The summed E-state index contributed by atoms with van der Waals surface area (Å²) >= 11 is 0.879. The molecule has 1 amide bonds. The Balaban J connectivity index is 0. The van der Waals surface area contributed by atoms with Crippen molar-refractivity contribution in [2.45, 2.75) is 11.8 Å². The van der Waals surface area contributed by atoms with E-state index in [9.17, 15) is 18.0 Å². The van der Waals surface area contributed by atoms with Gasteiger partial charge in [0, 0.05) is 12.6 Å². The number of amides is 1. The van der Waals surface area contributed by atoms with Crippen LogP contribution in [0.2, 0.25) is 0 Å². The number of benzene rings is 1. The van der Waals surface area contributed by atoms with E-state index in [1.54, 1.807) is 0 Å². The van der Waals surface area contributed by atoms with E-state index in [1.165, 1.54) is 31.2 Å². The molecule has 0 aliphatic rings. The summed E-state index contributed by atoms with van der Waals surface area (Å²) in [6.45, 7) is 1.36. The molecule has 0 heterocycles. The van der Waals surface area contributed by atoms with E-state index in [1.807, 2.05) is 0 Å². The third kappa shape index (κ3) is 7.56. The van der Waals surface area contributed by atoms with Crippen molar-refractivity contribution in [2.24, 2.45) is 0 Å². The van der Waals surface area contributed by atoms with Gasteiger partial charge in [0.2, 0.25) is 5.91 Å². The zero-order valence-corrected chi connectivity index (χ0v) is 15.2. The molecule has 0 aliphatic carbocycles. The number of carbonyl (C=O) groups excluding carboxylic acids is 2. The fourth-order valence-corrected chi connectivity index (χ4v) is 1.96. The maximum absolute atomic E-state index is 11.3. The Labute approximate surface area is 159 Å². The number of nitrogens with one attached hydrogen (secondary N) is 1. The summed E-state index contributed by atoms with van der Waals surface area (Å²) in [4.78, 5) is 21.7. The molecule has 1 aromatic carbocycles. The first-order chi connectivity index (χ1) is 8.29. The normalized spacial score (nSPS) is 10.4. The largest absolute Gasteiger partial charge is 1.00 e. The molecule has 0 spiro atoms. The fourth-order valence-electron chi connectivity index (χ4n) is 1.07. The molecule has 19 heavy (non-hydrogen) atoms. The summed E-state index contributed by atoms with van der Waals surface area (Å²) < 4.78 is 30.3. The van der Waals surface area contributed by atoms with E-state index in [-0.39, 0.29) is 74.5 Å². The third-order valence-corrected chi connectivity index (χ3v) is 3.52. The van der Waals surface area contributed by atoms with Crippen molar-refractivity contribution in [1.82, 2.24) is 0 Å². The minimum atomic E-state index is -4.23. The van der Waals surface area contributed by atoms with Gasteiger partial charge in [0.15, 0.2) is 5.12 Å². The van der Waals surface area contributed by atoms with Crippen LogP contribution in [0.25, 0.3) is 0 Å². The van der Waals surface area contributed by atoms with Crippen LogP contribution in [0, 0.1) is 0 Å². The number of thioether (sulfide) groups is 1. The second-order valence-corrected chi connectivity index (χ2v) is 5.90. The van der Waals surface area contributed by atoms with Gasteiger partial charge >= 0.3 is 51.4 Å². The minimum absolute atomic E-state index is 0. The average molecular weight is 329 g/mol. The molecular formula is C10H12KNO5S2. The number of hydrogen-bond acceptors (Lipinski definition) is 5. The van der Waals surface area contributed by atoms with Crippen molar-refractivity contribution in [3.05, 3.63) is 24.3 Å². The second kappa shape index (κ2) is 8.52. The Kier molecular flexibility index (Phi) is 8.64. The Bertz CT molecular complexity index is 562. The Morgan fingerprint density at radius 1 is 1.32 bits per heavy atom. The molecule has 9 heteroatoms. The van der Waals surface area contributed by atoms with Gasteiger partial charge in [-0.3, -0.25) is 14.1 Å². The molecule has 0 fully saturated rings. The van der Waals surface area contributed by atoms with E-state index in [4.69, 9.17) is 4.55 Å². The predicted molar refractivity (Wildman–Crippen MR) is 69.1 cm³/mol. The van der Waals surface area contributed by atoms with Crippen molar-refractivity contribution in [3.8, 4) is 0 Å². The summed E-state index contributed by atoms with van der Waals surface area (Å²) in [5.74, 6) is -0.371. The van der Waals surface area contributed by atoms with Gasteiger partial charge in [-0.1, -0.05) is 11.8 Å². The first-order valence-electron chi connectivity index (χ1n) is 4.80. The molecule has 0 unspecified atom stereocenters. The van der Waals surface area contributed by atoms with Gasteiger partial charge in [0.05, 0.1) is 10.6 Å². The first kappa shape index (κ1) is 19.3.